The molecule has 1 aromatic carbocycles. The Balaban J connectivity index is 2.02. The number of H-pyrrole nitrogens is 1. The molecule has 0 radical (unpaired) electrons. The Morgan fingerprint density at radius 2 is 2.35 bits per heavy atom. The van der Waals surface area contributed by atoms with Crippen molar-refractivity contribution in [2.75, 3.05) is 0 Å². The van der Waals surface area contributed by atoms with Crippen LogP contribution in [-0.4, -0.2) is 21.0 Å². The molecule has 0 unspecified atom stereocenters. The highest BCUT2D eigenvalue weighted by Gasteiger charge is 2.07. The van der Waals surface area contributed by atoms with Gasteiger partial charge in [0, 0.05) is 11.8 Å². The van der Waals surface area contributed by atoms with Gasteiger partial charge in [-0.05, 0) is 24.6 Å². The van der Waals surface area contributed by atoms with Crippen LogP contribution in [0.2, 0.25) is 0 Å². The molecule has 1 aromatic heterocycles. The third kappa shape index (κ3) is 2.63. The number of benzene rings is 1. The van der Waals surface area contributed by atoms with E-state index in [2.05, 4.69) is 15.3 Å². The lowest BCUT2D eigenvalue weighted by Gasteiger charge is -2.05. The number of phenols is 1. The number of phenolic OH excluding ortho intramolecular Hbond substituents is 1. The minimum Gasteiger partial charge on any atom is -0.508 e. The molecule has 2 aromatic rings. The average molecular weight is 231 g/mol. The molecule has 3 N–H and O–H groups in total. The van der Waals surface area contributed by atoms with E-state index in [1.54, 1.807) is 31.6 Å². The molecule has 0 atom stereocenters. The molecular weight excluding hydrogens is 218 g/mol. The summed E-state index contributed by atoms with van der Waals surface area (Å²) in [5, 5.41) is 12.2. The predicted octanol–water partition coefficient (Wildman–Crippen LogP) is 1.35. The zero-order valence-electron chi connectivity index (χ0n) is 9.40. The average Bonchev–Trinajstić information content (AvgIpc) is 2.82. The lowest BCUT2D eigenvalue weighted by atomic mass is 10.1. The number of rotatable bonds is 3. The van der Waals surface area contributed by atoms with Gasteiger partial charge in [-0.25, -0.2) is 4.98 Å². The Labute approximate surface area is 98.5 Å². The fourth-order valence-corrected chi connectivity index (χ4v) is 1.41. The highest BCUT2D eigenvalue weighted by Crippen LogP contribution is 2.17. The summed E-state index contributed by atoms with van der Waals surface area (Å²) in [6.07, 6.45) is 3.20. The molecular formula is C12H13N3O2. The number of aryl methyl sites for hydroxylation is 1. The van der Waals surface area contributed by atoms with Gasteiger partial charge in [0.05, 0.1) is 18.6 Å². The first-order valence-electron chi connectivity index (χ1n) is 5.22. The topological polar surface area (TPSA) is 78.0 Å². The Kier molecular flexibility index (Phi) is 3.09. The summed E-state index contributed by atoms with van der Waals surface area (Å²) in [6, 6.07) is 4.84. The summed E-state index contributed by atoms with van der Waals surface area (Å²) in [7, 11) is 0. The first-order chi connectivity index (χ1) is 8.16. The van der Waals surface area contributed by atoms with E-state index in [1.165, 1.54) is 6.07 Å². The number of carbonyl (C=O) groups excluding carboxylic acids is 1. The number of aromatic nitrogens is 2. The summed E-state index contributed by atoms with van der Waals surface area (Å²) in [6.45, 7) is 2.16. The van der Waals surface area contributed by atoms with Crippen LogP contribution in [0.4, 0.5) is 0 Å². The van der Waals surface area contributed by atoms with E-state index in [4.69, 9.17) is 0 Å². The van der Waals surface area contributed by atoms with Gasteiger partial charge < -0.3 is 15.4 Å². The summed E-state index contributed by atoms with van der Waals surface area (Å²) >= 11 is 0. The van der Waals surface area contributed by atoms with Crippen molar-refractivity contribution in [1.29, 1.82) is 0 Å². The second-order valence-electron chi connectivity index (χ2n) is 3.76. The first-order valence-corrected chi connectivity index (χ1v) is 5.22. The fourth-order valence-electron chi connectivity index (χ4n) is 1.41. The molecule has 0 bridgehead atoms. The van der Waals surface area contributed by atoms with Crippen LogP contribution in [0, 0.1) is 6.92 Å². The molecule has 0 fully saturated rings. The standard InChI is InChI=1S/C12H13N3O2/c1-8-2-3-9(4-11(8)16)12(17)14-6-10-5-13-7-15-10/h2-5,7,16H,6H2,1H3,(H,13,15)(H,14,17). The van der Waals surface area contributed by atoms with Crippen LogP contribution in [0.15, 0.2) is 30.7 Å². The number of nitrogens with one attached hydrogen (secondary N) is 2. The highest BCUT2D eigenvalue weighted by molar-refractivity contribution is 5.94. The number of aromatic amines is 1. The number of carbonyl (C=O) groups is 1. The van der Waals surface area contributed by atoms with Gasteiger partial charge in [-0.1, -0.05) is 6.07 Å². The normalized spacial score (nSPS) is 10.2. The SMILES string of the molecule is Cc1ccc(C(=O)NCc2cnc[nH]2)cc1O. The van der Waals surface area contributed by atoms with Crippen LogP contribution in [0.3, 0.4) is 0 Å². The van der Waals surface area contributed by atoms with Gasteiger partial charge in [-0.15, -0.1) is 0 Å². The summed E-state index contributed by atoms with van der Waals surface area (Å²) in [5.41, 5.74) is 2.01. The molecule has 17 heavy (non-hydrogen) atoms. The van der Waals surface area contributed by atoms with Crippen molar-refractivity contribution < 1.29 is 9.90 Å². The molecule has 5 nitrogen and oxygen atoms in total. The quantitative estimate of drug-likeness (QED) is 0.746. The monoisotopic (exact) mass is 231 g/mol. The van der Waals surface area contributed by atoms with E-state index in [1.807, 2.05) is 0 Å². The summed E-state index contributed by atoms with van der Waals surface area (Å²) in [4.78, 5) is 18.5. The third-order valence-corrected chi connectivity index (χ3v) is 2.47. The Hall–Kier alpha value is -2.30. The van der Waals surface area contributed by atoms with Crippen molar-refractivity contribution >= 4 is 5.91 Å². The maximum absolute atomic E-state index is 11.7. The summed E-state index contributed by atoms with van der Waals surface area (Å²) in [5.74, 6) is -0.103. The number of imidazole rings is 1. The zero-order valence-corrected chi connectivity index (χ0v) is 9.40. The molecule has 0 aliphatic heterocycles. The van der Waals surface area contributed by atoms with Gasteiger partial charge in [0.15, 0.2) is 0 Å². The molecule has 5 heteroatoms. The minimum absolute atomic E-state index is 0.124. The van der Waals surface area contributed by atoms with Gasteiger partial charge in [0.1, 0.15) is 5.75 Å². The van der Waals surface area contributed by atoms with E-state index in [-0.39, 0.29) is 11.7 Å². The van der Waals surface area contributed by atoms with Crippen molar-refractivity contribution in [2.45, 2.75) is 13.5 Å². The predicted molar refractivity (Wildman–Crippen MR) is 62.6 cm³/mol. The number of hydrogen-bond donors (Lipinski definition) is 3. The molecule has 0 saturated heterocycles. The number of aromatic hydroxyl groups is 1. The lowest BCUT2D eigenvalue weighted by Crippen LogP contribution is -2.22. The maximum atomic E-state index is 11.7. The maximum Gasteiger partial charge on any atom is 0.251 e. The van der Waals surface area contributed by atoms with Crippen LogP contribution >= 0.6 is 0 Å². The minimum atomic E-state index is -0.227. The van der Waals surface area contributed by atoms with Gasteiger partial charge in [-0.2, -0.15) is 0 Å². The van der Waals surface area contributed by atoms with Crippen molar-refractivity contribution in [3.05, 3.63) is 47.5 Å². The Bertz CT molecular complexity index is 521. The fraction of sp³-hybridized carbons (Fsp3) is 0.167. The van der Waals surface area contributed by atoms with Crippen LogP contribution < -0.4 is 5.32 Å². The Morgan fingerprint density at radius 3 is 3.00 bits per heavy atom. The second kappa shape index (κ2) is 4.69. The summed E-state index contributed by atoms with van der Waals surface area (Å²) < 4.78 is 0. The number of amides is 1. The third-order valence-electron chi connectivity index (χ3n) is 2.47. The van der Waals surface area contributed by atoms with Crippen molar-refractivity contribution in [3.8, 4) is 5.75 Å². The van der Waals surface area contributed by atoms with E-state index >= 15 is 0 Å². The highest BCUT2D eigenvalue weighted by atomic mass is 16.3. The lowest BCUT2D eigenvalue weighted by molar-refractivity contribution is 0.0950. The molecule has 88 valence electrons. The van der Waals surface area contributed by atoms with Crippen LogP contribution in [0.25, 0.3) is 0 Å². The van der Waals surface area contributed by atoms with Crippen LogP contribution in [-0.2, 0) is 6.54 Å². The second-order valence-corrected chi connectivity index (χ2v) is 3.76. The molecule has 0 aliphatic carbocycles. The molecule has 2 rings (SSSR count). The van der Waals surface area contributed by atoms with E-state index in [0.29, 0.717) is 12.1 Å². The smallest absolute Gasteiger partial charge is 0.251 e. The van der Waals surface area contributed by atoms with E-state index in [0.717, 1.165) is 11.3 Å². The zero-order chi connectivity index (χ0) is 12.3. The van der Waals surface area contributed by atoms with Gasteiger partial charge in [0.2, 0.25) is 0 Å². The number of nitrogens with zero attached hydrogens (tertiary/aromatic N) is 1. The van der Waals surface area contributed by atoms with Crippen LogP contribution in [0.5, 0.6) is 5.75 Å². The van der Waals surface area contributed by atoms with Crippen molar-refractivity contribution in [1.82, 2.24) is 15.3 Å². The molecule has 0 spiro atoms. The number of hydrogen-bond acceptors (Lipinski definition) is 3. The van der Waals surface area contributed by atoms with Crippen molar-refractivity contribution in [3.63, 3.8) is 0 Å². The van der Waals surface area contributed by atoms with Crippen molar-refractivity contribution in [2.24, 2.45) is 0 Å². The molecule has 0 saturated carbocycles. The van der Waals surface area contributed by atoms with Crippen LogP contribution in [0.1, 0.15) is 21.6 Å². The van der Waals surface area contributed by atoms with E-state index in [9.17, 15) is 9.90 Å². The first kappa shape index (κ1) is 11.2. The largest absolute Gasteiger partial charge is 0.508 e. The van der Waals surface area contributed by atoms with Gasteiger partial charge in [0.25, 0.3) is 5.91 Å². The molecule has 1 heterocycles. The molecule has 0 aliphatic rings. The van der Waals surface area contributed by atoms with Gasteiger partial charge in [-0.3, -0.25) is 4.79 Å². The molecule has 1 amide bonds. The Morgan fingerprint density at radius 1 is 1.53 bits per heavy atom. The van der Waals surface area contributed by atoms with E-state index < -0.39 is 0 Å². The van der Waals surface area contributed by atoms with Gasteiger partial charge >= 0.3 is 0 Å².